The van der Waals surface area contributed by atoms with E-state index in [2.05, 4.69) is 26.2 Å². The maximum atomic E-state index is 13.2. The highest BCUT2D eigenvalue weighted by Crippen LogP contribution is 2.27. The van der Waals surface area contributed by atoms with E-state index in [1.807, 2.05) is 43.0 Å². The first kappa shape index (κ1) is 21.7. The maximum Gasteiger partial charge on any atom is 0.241 e. The maximum absolute atomic E-state index is 13.2. The van der Waals surface area contributed by atoms with Crippen molar-refractivity contribution in [2.75, 3.05) is 20.7 Å². The molecular weight excluding hydrogens is 409 g/mol. The molecular formula is C24H26FN5O2. The molecule has 0 amide bonds. The Morgan fingerprint density at radius 2 is 1.91 bits per heavy atom. The molecule has 0 aliphatic carbocycles. The number of ether oxygens (including phenoxy) is 1. The summed E-state index contributed by atoms with van der Waals surface area (Å²) in [5.41, 5.74) is 3.74. The van der Waals surface area contributed by atoms with Crippen molar-refractivity contribution in [2.24, 2.45) is 7.05 Å². The lowest BCUT2D eigenvalue weighted by Gasteiger charge is -2.13. The van der Waals surface area contributed by atoms with Crippen molar-refractivity contribution in [1.29, 1.82) is 0 Å². The first-order chi connectivity index (χ1) is 15.5. The molecule has 0 saturated heterocycles. The average molecular weight is 436 g/mol. The Labute approximate surface area is 186 Å². The standard InChI is InChI=1S/C24H26FN5O2/c1-29(16-23-26-24(28-32-23)20-8-4-5-9-22(20)31-3)14-6-7-19-15-21(30(2)27-19)17-10-12-18(25)13-11-17/h4-5,8-13,15H,6-7,14,16H2,1-3H3. The molecule has 8 heteroatoms. The molecule has 0 N–H and O–H groups in total. The quantitative estimate of drug-likeness (QED) is 0.389. The molecule has 32 heavy (non-hydrogen) atoms. The minimum absolute atomic E-state index is 0.240. The molecule has 4 aromatic rings. The molecule has 2 heterocycles. The second-order valence-electron chi connectivity index (χ2n) is 7.70. The Morgan fingerprint density at radius 3 is 2.69 bits per heavy atom. The van der Waals surface area contributed by atoms with Gasteiger partial charge in [-0.1, -0.05) is 17.3 Å². The van der Waals surface area contributed by atoms with Crippen LogP contribution >= 0.6 is 0 Å². The number of rotatable bonds is 9. The molecule has 0 aliphatic rings. The van der Waals surface area contributed by atoms with Crippen molar-refractivity contribution >= 4 is 0 Å². The van der Waals surface area contributed by atoms with Gasteiger partial charge in [-0.25, -0.2) is 4.39 Å². The molecule has 0 saturated carbocycles. The van der Waals surface area contributed by atoms with Crippen molar-refractivity contribution < 1.29 is 13.7 Å². The lowest BCUT2D eigenvalue weighted by atomic mass is 10.1. The number of halogens is 1. The van der Waals surface area contributed by atoms with Crippen LogP contribution in [0, 0.1) is 5.82 Å². The van der Waals surface area contributed by atoms with Gasteiger partial charge in [0.15, 0.2) is 0 Å². The van der Waals surface area contributed by atoms with Crippen molar-refractivity contribution in [3.05, 3.63) is 72.0 Å². The smallest absolute Gasteiger partial charge is 0.241 e. The molecule has 0 bridgehead atoms. The summed E-state index contributed by atoms with van der Waals surface area (Å²) in [5, 5.41) is 8.69. The molecule has 166 valence electrons. The van der Waals surface area contributed by atoms with E-state index in [0.29, 0.717) is 24.0 Å². The molecule has 0 atom stereocenters. The zero-order valence-electron chi connectivity index (χ0n) is 18.5. The topological polar surface area (TPSA) is 69.2 Å². The van der Waals surface area contributed by atoms with Gasteiger partial charge >= 0.3 is 0 Å². The van der Waals surface area contributed by atoms with Crippen LogP contribution in [0.2, 0.25) is 0 Å². The van der Waals surface area contributed by atoms with Gasteiger partial charge in [-0.2, -0.15) is 10.1 Å². The minimum Gasteiger partial charge on any atom is -0.496 e. The Bertz CT molecular complexity index is 1170. The zero-order valence-corrected chi connectivity index (χ0v) is 18.5. The molecule has 7 nitrogen and oxygen atoms in total. The number of benzene rings is 2. The van der Waals surface area contributed by atoms with Crippen LogP contribution in [0.3, 0.4) is 0 Å². The van der Waals surface area contributed by atoms with Crippen LogP contribution in [0.4, 0.5) is 4.39 Å². The summed E-state index contributed by atoms with van der Waals surface area (Å²) in [6.45, 7) is 1.42. The van der Waals surface area contributed by atoms with Crippen LogP contribution in [0.25, 0.3) is 22.6 Å². The highest BCUT2D eigenvalue weighted by atomic mass is 19.1. The molecule has 0 spiro atoms. The summed E-state index contributed by atoms with van der Waals surface area (Å²) in [5.74, 6) is 1.55. The van der Waals surface area contributed by atoms with Gasteiger partial charge in [-0.3, -0.25) is 9.58 Å². The predicted molar refractivity (Wildman–Crippen MR) is 120 cm³/mol. The number of aryl methyl sites for hydroxylation is 2. The Balaban J connectivity index is 1.31. The third kappa shape index (κ3) is 5.03. The number of methoxy groups -OCH3 is 1. The van der Waals surface area contributed by atoms with E-state index in [4.69, 9.17) is 9.26 Å². The van der Waals surface area contributed by atoms with Crippen LogP contribution < -0.4 is 4.74 Å². The van der Waals surface area contributed by atoms with Gasteiger partial charge in [0.1, 0.15) is 11.6 Å². The molecule has 0 aliphatic heterocycles. The van der Waals surface area contributed by atoms with Gasteiger partial charge < -0.3 is 9.26 Å². The van der Waals surface area contributed by atoms with E-state index in [9.17, 15) is 4.39 Å². The van der Waals surface area contributed by atoms with Gasteiger partial charge in [0.2, 0.25) is 11.7 Å². The van der Waals surface area contributed by atoms with Gasteiger partial charge in [0.05, 0.1) is 30.6 Å². The third-order valence-electron chi connectivity index (χ3n) is 5.26. The molecule has 0 radical (unpaired) electrons. The highest BCUT2D eigenvalue weighted by Gasteiger charge is 2.14. The third-order valence-corrected chi connectivity index (χ3v) is 5.26. The average Bonchev–Trinajstić information content (AvgIpc) is 3.40. The van der Waals surface area contributed by atoms with Crippen LogP contribution in [-0.4, -0.2) is 45.5 Å². The van der Waals surface area contributed by atoms with Crippen molar-refractivity contribution in [3.63, 3.8) is 0 Å². The fourth-order valence-electron chi connectivity index (χ4n) is 3.64. The Kier molecular flexibility index (Phi) is 6.61. The van der Waals surface area contributed by atoms with E-state index in [-0.39, 0.29) is 5.82 Å². The summed E-state index contributed by atoms with van der Waals surface area (Å²) >= 11 is 0. The first-order valence-corrected chi connectivity index (χ1v) is 10.5. The normalized spacial score (nSPS) is 11.3. The van der Waals surface area contributed by atoms with Gasteiger partial charge in [-0.05, 0) is 74.5 Å². The summed E-state index contributed by atoms with van der Waals surface area (Å²) in [7, 11) is 5.55. The molecule has 0 fully saturated rings. The Morgan fingerprint density at radius 1 is 1.12 bits per heavy atom. The van der Waals surface area contributed by atoms with E-state index < -0.39 is 0 Å². The summed E-state index contributed by atoms with van der Waals surface area (Å²) < 4.78 is 25.8. The fourth-order valence-corrected chi connectivity index (χ4v) is 3.64. The number of aromatic nitrogens is 4. The van der Waals surface area contributed by atoms with Crippen molar-refractivity contribution in [1.82, 2.24) is 24.8 Å². The second-order valence-corrected chi connectivity index (χ2v) is 7.70. The highest BCUT2D eigenvalue weighted by molar-refractivity contribution is 5.63. The SMILES string of the molecule is COc1ccccc1-c1noc(CN(C)CCCc2cc(-c3ccc(F)cc3)n(C)n2)n1. The monoisotopic (exact) mass is 435 g/mol. The lowest BCUT2D eigenvalue weighted by molar-refractivity contribution is 0.264. The minimum atomic E-state index is -0.240. The molecule has 2 aromatic heterocycles. The fraction of sp³-hybridized carbons (Fsp3) is 0.292. The summed E-state index contributed by atoms with van der Waals surface area (Å²) in [6.07, 6.45) is 1.78. The summed E-state index contributed by atoms with van der Waals surface area (Å²) in [4.78, 5) is 6.65. The van der Waals surface area contributed by atoms with Crippen LogP contribution in [0.1, 0.15) is 18.0 Å². The molecule has 4 rings (SSSR count). The van der Waals surface area contributed by atoms with Gasteiger partial charge in [0, 0.05) is 7.05 Å². The number of para-hydroxylation sites is 1. The van der Waals surface area contributed by atoms with Gasteiger partial charge in [-0.15, -0.1) is 0 Å². The molecule has 2 aromatic carbocycles. The molecule has 0 unspecified atom stereocenters. The zero-order chi connectivity index (χ0) is 22.5. The van der Waals surface area contributed by atoms with Crippen molar-refractivity contribution in [2.45, 2.75) is 19.4 Å². The van der Waals surface area contributed by atoms with E-state index in [0.717, 1.165) is 41.9 Å². The van der Waals surface area contributed by atoms with Crippen molar-refractivity contribution in [3.8, 4) is 28.4 Å². The second kappa shape index (κ2) is 9.74. The van der Waals surface area contributed by atoms with Crippen LogP contribution in [0.5, 0.6) is 5.75 Å². The largest absolute Gasteiger partial charge is 0.496 e. The van der Waals surface area contributed by atoms with Gasteiger partial charge in [0.25, 0.3) is 0 Å². The number of hydrogen-bond donors (Lipinski definition) is 0. The lowest BCUT2D eigenvalue weighted by Crippen LogP contribution is -2.19. The van der Waals surface area contributed by atoms with Crippen LogP contribution in [0.15, 0.2) is 59.1 Å². The van der Waals surface area contributed by atoms with E-state index in [1.54, 1.807) is 19.2 Å². The first-order valence-electron chi connectivity index (χ1n) is 10.5. The predicted octanol–water partition coefficient (Wildman–Crippen LogP) is 4.35. The van der Waals surface area contributed by atoms with E-state index in [1.165, 1.54) is 12.1 Å². The number of hydrogen-bond acceptors (Lipinski definition) is 6. The van der Waals surface area contributed by atoms with E-state index >= 15 is 0 Å². The number of nitrogens with zero attached hydrogens (tertiary/aromatic N) is 5. The summed E-state index contributed by atoms with van der Waals surface area (Å²) in [6, 6.07) is 16.1. The van der Waals surface area contributed by atoms with Crippen LogP contribution in [-0.2, 0) is 20.0 Å². The Hall–Kier alpha value is -3.52.